The number of carbonyl (C=O) groups is 2. The second kappa shape index (κ2) is 5.37. The average molecular weight is 296 g/mol. The van der Waals surface area contributed by atoms with Crippen molar-refractivity contribution in [2.24, 2.45) is 0 Å². The van der Waals surface area contributed by atoms with Crippen molar-refractivity contribution >= 4 is 22.9 Å². The summed E-state index contributed by atoms with van der Waals surface area (Å²) in [6, 6.07) is 12.0. The average Bonchev–Trinajstić information content (AvgIpc) is 2.89. The number of carboxylic acids is 2. The first-order valence-electron chi connectivity index (χ1n) is 6.60. The summed E-state index contributed by atoms with van der Waals surface area (Å²) in [5, 5.41) is 18.7. The Kier molecular flexibility index (Phi) is 3.39. The van der Waals surface area contributed by atoms with Crippen LogP contribution in [0.15, 0.2) is 53.1 Å². The van der Waals surface area contributed by atoms with Gasteiger partial charge in [0.05, 0.1) is 18.2 Å². The van der Waals surface area contributed by atoms with Crippen molar-refractivity contribution < 1.29 is 24.2 Å². The minimum Gasteiger partial charge on any atom is -0.481 e. The van der Waals surface area contributed by atoms with E-state index in [1.807, 2.05) is 12.1 Å². The van der Waals surface area contributed by atoms with Crippen molar-refractivity contribution in [2.75, 3.05) is 0 Å². The number of carboxylic acid groups (broad SMARTS) is 2. The third kappa shape index (κ3) is 2.56. The summed E-state index contributed by atoms with van der Waals surface area (Å²) in [5.41, 5.74) is 2.98. The number of rotatable bonds is 4. The Hall–Kier alpha value is -3.08. The summed E-state index contributed by atoms with van der Waals surface area (Å²) < 4.78 is 5.41. The lowest BCUT2D eigenvalue weighted by atomic mass is 10.0. The van der Waals surface area contributed by atoms with E-state index in [4.69, 9.17) is 14.6 Å². The van der Waals surface area contributed by atoms with Gasteiger partial charge in [0.1, 0.15) is 5.58 Å². The van der Waals surface area contributed by atoms with Crippen molar-refractivity contribution in [2.45, 2.75) is 6.42 Å². The maximum absolute atomic E-state index is 11.0. The highest BCUT2D eigenvalue weighted by molar-refractivity contribution is 5.91. The van der Waals surface area contributed by atoms with Gasteiger partial charge >= 0.3 is 11.9 Å². The summed E-state index contributed by atoms with van der Waals surface area (Å²) in [6.45, 7) is 0. The maximum Gasteiger partial charge on any atom is 0.335 e. The number of furan rings is 1. The van der Waals surface area contributed by atoms with E-state index in [2.05, 4.69) is 0 Å². The molecule has 3 aromatic rings. The molecule has 0 saturated carbocycles. The molecule has 0 spiro atoms. The van der Waals surface area contributed by atoms with Crippen LogP contribution in [0.2, 0.25) is 0 Å². The minimum atomic E-state index is -0.982. The first kappa shape index (κ1) is 13.9. The molecule has 0 atom stereocenters. The Morgan fingerprint density at radius 1 is 1.00 bits per heavy atom. The predicted molar refractivity (Wildman–Crippen MR) is 79.9 cm³/mol. The third-order valence-corrected chi connectivity index (χ3v) is 3.44. The maximum atomic E-state index is 11.0. The second-order valence-corrected chi connectivity index (χ2v) is 4.93. The zero-order chi connectivity index (χ0) is 15.7. The number of hydrogen-bond donors (Lipinski definition) is 2. The zero-order valence-corrected chi connectivity index (χ0v) is 11.4. The minimum absolute atomic E-state index is 0.0964. The summed E-state index contributed by atoms with van der Waals surface area (Å²) in [5.74, 6) is -1.90. The normalized spacial score (nSPS) is 10.7. The van der Waals surface area contributed by atoms with E-state index in [1.165, 1.54) is 12.3 Å². The van der Waals surface area contributed by atoms with Crippen molar-refractivity contribution in [3.63, 3.8) is 0 Å². The first-order valence-corrected chi connectivity index (χ1v) is 6.60. The van der Waals surface area contributed by atoms with E-state index in [9.17, 15) is 9.59 Å². The summed E-state index contributed by atoms with van der Waals surface area (Å²) in [6.07, 6.45) is 1.34. The summed E-state index contributed by atoms with van der Waals surface area (Å²) in [7, 11) is 0. The number of aromatic carboxylic acids is 1. The third-order valence-electron chi connectivity index (χ3n) is 3.44. The van der Waals surface area contributed by atoms with Crippen molar-refractivity contribution in [3.05, 3.63) is 59.9 Å². The van der Waals surface area contributed by atoms with E-state index >= 15 is 0 Å². The number of fused-ring (bicyclic) bond motifs is 1. The highest BCUT2D eigenvalue weighted by atomic mass is 16.4. The molecule has 3 rings (SSSR count). The molecule has 0 aliphatic rings. The molecule has 0 saturated heterocycles. The molecule has 5 heteroatoms. The van der Waals surface area contributed by atoms with E-state index in [-0.39, 0.29) is 12.0 Å². The molecule has 1 aromatic heterocycles. The monoisotopic (exact) mass is 296 g/mol. The molecule has 5 nitrogen and oxygen atoms in total. The molecule has 0 aliphatic carbocycles. The van der Waals surface area contributed by atoms with Crippen LogP contribution in [-0.4, -0.2) is 22.2 Å². The molecule has 2 N–H and O–H groups in total. The van der Waals surface area contributed by atoms with E-state index in [0.29, 0.717) is 11.1 Å². The fourth-order valence-electron chi connectivity index (χ4n) is 2.39. The molecule has 0 radical (unpaired) electrons. The fourth-order valence-corrected chi connectivity index (χ4v) is 2.39. The summed E-state index contributed by atoms with van der Waals surface area (Å²) >= 11 is 0. The first-order chi connectivity index (χ1) is 10.5. The molecule has 0 amide bonds. The topological polar surface area (TPSA) is 87.7 Å². The lowest BCUT2D eigenvalue weighted by molar-refractivity contribution is -0.136. The molecular formula is C17H12O5. The van der Waals surface area contributed by atoms with E-state index < -0.39 is 11.9 Å². The molecule has 0 aliphatic heterocycles. The van der Waals surface area contributed by atoms with Crippen LogP contribution in [0.4, 0.5) is 0 Å². The van der Waals surface area contributed by atoms with Gasteiger partial charge in [-0.2, -0.15) is 0 Å². The SMILES string of the molecule is O=C(O)Cc1coc2cc(-c3cccc(C(=O)O)c3)ccc12. The summed E-state index contributed by atoms with van der Waals surface area (Å²) in [4.78, 5) is 21.8. The fraction of sp³-hybridized carbons (Fsp3) is 0.0588. The van der Waals surface area contributed by atoms with Gasteiger partial charge in [-0.25, -0.2) is 4.79 Å². The highest BCUT2D eigenvalue weighted by Gasteiger charge is 2.11. The van der Waals surface area contributed by atoms with Gasteiger partial charge < -0.3 is 14.6 Å². The van der Waals surface area contributed by atoms with Gasteiger partial charge in [0.25, 0.3) is 0 Å². The van der Waals surface area contributed by atoms with Crippen molar-refractivity contribution in [3.8, 4) is 11.1 Å². The van der Waals surface area contributed by atoms with Gasteiger partial charge in [-0.1, -0.05) is 24.3 Å². The predicted octanol–water partition coefficient (Wildman–Crippen LogP) is 3.43. The Labute approximate surface area is 125 Å². The van der Waals surface area contributed by atoms with E-state index in [1.54, 1.807) is 24.3 Å². The lowest BCUT2D eigenvalue weighted by Crippen LogP contribution is -1.98. The van der Waals surface area contributed by atoms with Gasteiger partial charge in [-0.05, 0) is 29.3 Å². The van der Waals surface area contributed by atoms with E-state index in [0.717, 1.165) is 16.5 Å². The Morgan fingerprint density at radius 2 is 1.77 bits per heavy atom. The van der Waals surface area contributed by atoms with Crippen LogP contribution in [-0.2, 0) is 11.2 Å². The molecule has 0 bridgehead atoms. The molecule has 0 fully saturated rings. The molecule has 0 unspecified atom stereocenters. The van der Waals surface area contributed by atoms with Gasteiger partial charge in [0.15, 0.2) is 0 Å². The van der Waals surface area contributed by atoms with Gasteiger partial charge in [0, 0.05) is 10.9 Å². The van der Waals surface area contributed by atoms with Gasteiger partial charge in [-0.15, -0.1) is 0 Å². The van der Waals surface area contributed by atoms with Crippen LogP contribution in [0.25, 0.3) is 22.1 Å². The highest BCUT2D eigenvalue weighted by Crippen LogP contribution is 2.28. The molecule has 22 heavy (non-hydrogen) atoms. The van der Waals surface area contributed by atoms with Crippen LogP contribution in [0.5, 0.6) is 0 Å². The van der Waals surface area contributed by atoms with Crippen molar-refractivity contribution in [1.82, 2.24) is 0 Å². The van der Waals surface area contributed by atoms with Crippen LogP contribution < -0.4 is 0 Å². The number of hydrogen-bond acceptors (Lipinski definition) is 3. The van der Waals surface area contributed by atoms with Crippen LogP contribution in [0, 0.1) is 0 Å². The van der Waals surface area contributed by atoms with Gasteiger partial charge in [-0.3, -0.25) is 4.79 Å². The largest absolute Gasteiger partial charge is 0.481 e. The molecule has 2 aromatic carbocycles. The smallest absolute Gasteiger partial charge is 0.335 e. The Morgan fingerprint density at radius 3 is 2.50 bits per heavy atom. The Balaban J connectivity index is 2.04. The number of benzene rings is 2. The standard InChI is InChI=1S/C17H12O5/c18-16(19)8-13-9-22-15-7-11(4-5-14(13)15)10-2-1-3-12(6-10)17(20)21/h1-7,9H,8H2,(H,18,19)(H,20,21). The Bertz CT molecular complexity index is 876. The molecular weight excluding hydrogens is 284 g/mol. The quantitative estimate of drug-likeness (QED) is 0.770. The van der Waals surface area contributed by atoms with Gasteiger partial charge in [0.2, 0.25) is 0 Å². The van der Waals surface area contributed by atoms with Crippen LogP contribution in [0.1, 0.15) is 15.9 Å². The molecule has 110 valence electrons. The zero-order valence-electron chi connectivity index (χ0n) is 11.4. The second-order valence-electron chi connectivity index (χ2n) is 4.93. The molecule has 1 heterocycles. The van der Waals surface area contributed by atoms with Crippen molar-refractivity contribution in [1.29, 1.82) is 0 Å². The number of aliphatic carboxylic acids is 1. The lowest BCUT2D eigenvalue weighted by Gasteiger charge is -2.03. The van der Waals surface area contributed by atoms with Crippen LogP contribution in [0.3, 0.4) is 0 Å². The van der Waals surface area contributed by atoms with Crippen LogP contribution >= 0.6 is 0 Å².